The molecule has 2 aliphatic rings. The van der Waals surface area contributed by atoms with Gasteiger partial charge in [-0.05, 0) is 43.0 Å². The van der Waals surface area contributed by atoms with E-state index in [2.05, 4.69) is 11.4 Å². The molecule has 0 spiro atoms. The van der Waals surface area contributed by atoms with E-state index in [0.717, 1.165) is 35.4 Å². The van der Waals surface area contributed by atoms with Crippen molar-refractivity contribution < 1.29 is 14.3 Å². The maximum absolute atomic E-state index is 12.8. The number of nitriles is 1. The first-order chi connectivity index (χ1) is 14.6. The maximum Gasteiger partial charge on any atom is 0.161 e. The van der Waals surface area contributed by atoms with E-state index >= 15 is 0 Å². The second-order valence-corrected chi connectivity index (χ2v) is 7.56. The number of ketones is 1. The fraction of sp³-hybridized carbons (Fsp3) is 0.280. The van der Waals surface area contributed by atoms with Crippen LogP contribution in [0.1, 0.15) is 43.2 Å². The number of dihydropyridines is 1. The molecule has 4 rings (SSSR count). The number of hydrogen-bond acceptors (Lipinski definition) is 5. The largest absolute Gasteiger partial charge is 0.493 e. The number of methoxy groups -OCH3 is 1. The first kappa shape index (κ1) is 19.8. The number of ether oxygens (including phenoxy) is 2. The third kappa shape index (κ3) is 3.69. The van der Waals surface area contributed by atoms with Gasteiger partial charge < -0.3 is 14.8 Å². The molecule has 0 aromatic heterocycles. The molecular weight excluding hydrogens is 376 g/mol. The molecule has 2 aromatic carbocycles. The molecule has 5 heteroatoms. The molecule has 1 atom stereocenters. The molecule has 1 heterocycles. The van der Waals surface area contributed by atoms with Crippen molar-refractivity contribution in [2.75, 3.05) is 7.11 Å². The number of rotatable bonds is 5. The standard InChI is InChI=1S/C25H24N2O3/c1-16-19(14-26)24(25-20(27-16)9-6-10-21(25)28)18-11-12-22(23(13-18)29-2)30-15-17-7-4-3-5-8-17/h3-5,7-8,11-13,24,27H,6,9-10,15H2,1-2H3/t24-/m0/s1. The smallest absolute Gasteiger partial charge is 0.161 e. The van der Waals surface area contributed by atoms with Crippen LogP contribution in [-0.2, 0) is 11.4 Å². The monoisotopic (exact) mass is 400 g/mol. The topological polar surface area (TPSA) is 71.3 Å². The van der Waals surface area contributed by atoms with Gasteiger partial charge in [-0.15, -0.1) is 0 Å². The number of carbonyl (C=O) groups excluding carboxylic acids is 1. The van der Waals surface area contributed by atoms with Gasteiger partial charge in [0.05, 0.1) is 24.7 Å². The van der Waals surface area contributed by atoms with Gasteiger partial charge in [-0.25, -0.2) is 0 Å². The number of benzene rings is 2. The van der Waals surface area contributed by atoms with Crippen molar-refractivity contribution in [2.24, 2.45) is 0 Å². The van der Waals surface area contributed by atoms with Crippen LogP contribution in [0.4, 0.5) is 0 Å². The molecule has 1 aliphatic heterocycles. The van der Waals surface area contributed by atoms with E-state index in [1.165, 1.54) is 0 Å². The number of allylic oxidation sites excluding steroid dienone is 4. The van der Waals surface area contributed by atoms with E-state index in [1.54, 1.807) is 7.11 Å². The Kier molecular flexibility index (Phi) is 5.58. The Balaban J connectivity index is 1.69. The Bertz CT molecular complexity index is 1080. The summed E-state index contributed by atoms with van der Waals surface area (Å²) in [5.41, 5.74) is 4.96. The van der Waals surface area contributed by atoms with Crippen LogP contribution in [0.3, 0.4) is 0 Å². The fourth-order valence-corrected chi connectivity index (χ4v) is 4.18. The van der Waals surface area contributed by atoms with Gasteiger partial charge in [-0.3, -0.25) is 4.79 Å². The molecule has 5 nitrogen and oxygen atoms in total. The van der Waals surface area contributed by atoms with Gasteiger partial charge >= 0.3 is 0 Å². The van der Waals surface area contributed by atoms with Gasteiger partial charge in [0.1, 0.15) is 6.61 Å². The fourth-order valence-electron chi connectivity index (χ4n) is 4.18. The van der Waals surface area contributed by atoms with Crippen LogP contribution >= 0.6 is 0 Å². The predicted octanol–water partition coefficient (Wildman–Crippen LogP) is 4.77. The second-order valence-electron chi connectivity index (χ2n) is 7.56. The van der Waals surface area contributed by atoms with Crippen molar-refractivity contribution >= 4 is 5.78 Å². The Labute approximate surface area is 176 Å². The number of hydrogen-bond donors (Lipinski definition) is 1. The molecule has 0 saturated heterocycles. The zero-order chi connectivity index (χ0) is 21.1. The van der Waals surface area contributed by atoms with Crippen LogP contribution in [0, 0.1) is 11.3 Å². The quantitative estimate of drug-likeness (QED) is 0.783. The third-order valence-corrected chi connectivity index (χ3v) is 5.65. The summed E-state index contributed by atoms with van der Waals surface area (Å²) in [7, 11) is 1.60. The molecule has 1 N–H and O–H groups in total. The lowest BCUT2D eigenvalue weighted by Gasteiger charge is -2.32. The summed E-state index contributed by atoms with van der Waals surface area (Å²) in [5.74, 6) is 0.943. The van der Waals surface area contributed by atoms with E-state index in [-0.39, 0.29) is 11.7 Å². The van der Waals surface area contributed by atoms with Crippen LogP contribution in [-0.4, -0.2) is 12.9 Å². The van der Waals surface area contributed by atoms with E-state index in [0.29, 0.717) is 35.7 Å². The predicted molar refractivity (Wildman–Crippen MR) is 114 cm³/mol. The highest BCUT2D eigenvalue weighted by atomic mass is 16.5. The Hall–Kier alpha value is -3.52. The van der Waals surface area contributed by atoms with E-state index in [1.807, 2.05) is 55.5 Å². The van der Waals surface area contributed by atoms with Crippen LogP contribution in [0.25, 0.3) is 0 Å². The lowest BCUT2D eigenvalue weighted by atomic mass is 9.75. The zero-order valence-corrected chi connectivity index (χ0v) is 17.2. The molecule has 2 aromatic rings. The van der Waals surface area contributed by atoms with Crippen molar-refractivity contribution in [3.63, 3.8) is 0 Å². The van der Waals surface area contributed by atoms with Crippen molar-refractivity contribution in [1.82, 2.24) is 5.32 Å². The molecule has 30 heavy (non-hydrogen) atoms. The third-order valence-electron chi connectivity index (χ3n) is 5.65. The molecule has 152 valence electrons. The molecule has 0 radical (unpaired) electrons. The molecule has 0 saturated carbocycles. The zero-order valence-electron chi connectivity index (χ0n) is 17.2. The first-order valence-corrected chi connectivity index (χ1v) is 10.1. The lowest BCUT2D eigenvalue weighted by Crippen LogP contribution is -2.31. The van der Waals surface area contributed by atoms with Crippen LogP contribution in [0.2, 0.25) is 0 Å². The van der Waals surface area contributed by atoms with E-state index < -0.39 is 0 Å². The summed E-state index contributed by atoms with van der Waals surface area (Å²) in [5, 5.41) is 13.1. The van der Waals surface area contributed by atoms with Gasteiger partial charge in [0.25, 0.3) is 0 Å². The van der Waals surface area contributed by atoms with Crippen molar-refractivity contribution in [3.05, 3.63) is 82.2 Å². The minimum absolute atomic E-state index is 0.109. The van der Waals surface area contributed by atoms with Crippen molar-refractivity contribution in [3.8, 4) is 17.6 Å². The molecule has 0 bridgehead atoms. The van der Waals surface area contributed by atoms with Gasteiger partial charge in [0, 0.05) is 23.4 Å². The number of carbonyl (C=O) groups is 1. The molecule has 0 fully saturated rings. The highest BCUT2D eigenvalue weighted by Gasteiger charge is 2.36. The molecule has 0 unspecified atom stereocenters. The SMILES string of the molecule is COc1cc([C@H]2C(C#N)=C(C)NC3=C2C(=O)CCC3)ccc1OCc1ccccc1. The summed E-state index contributed by atoms with van der Waals surface area (Å²) in [6.45, 7) is 2.32. The Morgan fingerprint density at radius 2 is 1.93 bits per heavy atom. The van der Waals surface area contributed by atoms with Gasteiger partial charge in [0.15, 0.2) is 17.3 Å². The van der Waals surface area contributed by atoms with Crippen LogP contribution in [0.15, 0.2) is 71.1 Å². The minimum atomic E-state index is -0.379. The highest BCUT2D eigenvalue weighted by Crippen LogP contribution is 2.43. The lowest BCUT2D eigenvalue weighted by molar-refractivity contribution is -0.116. The highest BCUT2D eigenvalue weighted by molar-refractivity contribution is 5.99. The summed E-state index contributed by atoms with van der Waals surface area (Å²) in [6.07, 6.45) is 2.18. The number of Topliss-reactive ketones (excluding diaryl/α,β-unsaturated/α-hetero) is 1. The van der Waals surface area contributed by atoms with Crippen molar-refractivity contribution in [2.45, 2.75) is 38.7 Å². The minimum Gasteiger partial charge on any atom is -0.493 e. The van der Waals surface area contributed by atoms with Gasteiger partial charge in [0.2, 0.25) is 0 Å². The molecular formula is C25H24N2O3. The molecule has 0 amide bonds. The second kappa shape index (κ2) is 8.46. The van der Waals surface area contributed by atoms with Crippen LogP contribution in [0.5, 0.6) is 11.5 Å². The maximum atomic E-state index is 12.8. The number of nitrogens with zero attached hydrogens (tertiary/aromatic N) is 1. The summed E-state index contributed by atoms with van der Waals surface area (Å²) in [4.78, 5) is 12.8. The van der Waals surface area contributed by atoms with Crippen molar-refractivity contribution in [1.29, 1.82) is 5.26 Å². The first-order valence-electron chi connectivity index (χ1n) is 10.1. The van der Waals surface area contributed by atoms with Gasteiger partial charge in [-0.2, -0.15) is 5.26 Å². The Morgan fingerprint density at radius 1 is 1.13 bits per heavy atom. The Morgan fingerprint density at radius 3 is 2.67 bits per heavy atom. The van der Waals surface area contributed by atoms with E-state index in [4.69, 9.17) is 9.47 Å². The summed E-state index contributed by atoms with van der Waals surface area (Å²) in [6, 6.07) is 17.9. The average Bonchev–Trinajstić information content (AvgIpc) is 2.77. The summed E-state index contributed by atoms with van der Waals surface area (Å²) < 4.78 is 11.5. The van der Waals surface area contributed by atoms with Gasteiger partial charge in [-0.1, -0.05) is 36.4 Å². The normalized spacial score (nSPS) is 18.4. The summed E-state index contributed by atoms with van der Waals surface area (Å²) >= 11 is 0. The average molecular weight is 400 g/mol. The van der Waals surface area contributed by atoms with E-state index in [9.17, 15) is 10.1 Å². The number of nitrogens with one attached hydrogen (secondary N) is 1. The van der Waals surface area contributed by atoms with Crippen LogP contribution < -0.4 is 14.8 Å². The molecule has 1 aliphatic carbocycles.